The zero-order chi connectivity index (χ0) is 14.0. The number of halogens is 1. The fourth-order valence-electron chi connectivity index (χ4n) is 1.66. The van der Waals surface area contributed by atoms with Crippen LogP contribution in [0.2, 0.25) is 0 Å². The van der Waals surface area contributed by atoms with Crippen LogP contribution in [0.4, 0.5) is 15.8 Å². The van der Waals surface area contributed by atoms with Crippen molar-refractivity contribution in [3.63, 3.8) is 0 Å². The number of nitrogens with two attached hydrogens (primary N) is 1. The van der Waals surface area contributed by atoms with Crippen molar-refractivity contribution in [2.75, 3.05) is 10.5 Å². The molecule has 0 aliphatic rings. The van der Waals surface area contributed by atoms with Crippen molar-refractivity contribution < 1.29 is 12.8 Å². The Morgan fingerprint density at radius 3 is 2.32 bits per heavy atom. The van der Waals surface area contributed by atoms with Gasteiger partial charge in [0.25, 0.3) is 10.0 Å². The number of nitrogen functional groups attached to an aromatic ring is 1. The number of hydrogen-bond donors (Lipinski definition) is 2. The second-order valence-corrected chi connectivity index (χ2v) is 5.87. The SMILES string of the molecule is Cc1cc(F)cc(NS(=O)(=O)c2ccc(N)cc2)c1. The van der Waals surface area contributed by atoms with E-state index in [-0.39, 0.29) is 10.6 Å². The number of aryl methyl sites for hydroxylation is 1. The van der Waals surface area contributed by atoms with Crippen molar-refractivity contribution in [1.82, 2.24) is 0 Å². The van der Waals surface area contributed by atoms with E-state index in [1.807, 2.05) is 0 Å². The highest BCUT2D eigenvalue weighted by Crippen LogP contribution is 2.19. The summed E-state index contributed by atoms with van der Waals surface area (Å²) in [6, 6.07) is 9.77. The maximum Gasteiger partial charge on any atom is 0.261 e. The van der Waals surface area contributed by atoms with Gasteiger partial charge in [-0.1, -0.05) is 0 Å². The average molecular weight is 280 g/mol. The third-order valence-corrected chi connectivity index (χ3v) is 3.88. The molecule has 2 aromatic rings. The molecular weight excluding hydrogens is 267 g/mol. The lowest BCUT2D eigenvalue weighted by molar-refractivity contribution is 0.601. The fraction of sp³-hybridized carbons (Fsp3) is 0.0769. The van der Waals surface area contributed by atoms with Crippen molar-refractivity contribution in [1.29, 1.82) is 0 Å². The number of sulfonamides is 1. The summed E-state index contributed by atoms with van der Waals surface area (Å²) < 4.78 is 39.7. The molecule has 2 rings (SSSR count). The van der Waals surface area contributed by atoms with E-state index in [2.05, 4.69) is 4.72 Å². The molecule has 3 N–H and O–H groups in total. The summed E-state index contributed by atoms with van der Waals surface area (Å²) in [5, 5.41) is 0. The Morgan fingerprint density at radius 2 is 1.74 bits per heavy atom. The molecule has 0 spiro atoms. The van der Waals surface area contributed by atoms with E-state index >= 15 is 0 Å². The number of benzene rings is 2. The molecule has 2 aromatic carbocycles. The van der Waals surface area contributed by atoms with Gasteiger partial charge in [0.05, 0.1) is 10.6 Å². The van der Waals surface area contributed by atoms with Crippen LogP contribution in [0.5, 0.6) is 0 Å². The predicted molar refractivity (Wildman–Crippen MR) is 72.8 cm³/mol. The highest BCUT2D eigenvalue weighted by Gasteiger charge is 2.14. The van der Waals surface area contributed by atoms with Crippen molar-refractivity contribution in [2.45, 2.75) is 11.8 Å². The zero-order valence-corrected chi connectivity index (χ0v) is 11.0. The standard InChI is InChI=1S/C13H13FN2O2S/c1-9-6-10(14)8-12(7-9)16-19(17,18)13-4-2-11(15)3-5-13/h2-8,16H,15H2,1H3. The second-order valence-electron chi connectivity index (χ2n) is 4.19. The van der Waals surface area contributed by atoms with Crippen LogP contribution in [0.3, 0.4) is 0 Å². The highest BCUT2D eigenvalue weighted by atomic mass is 32.2. The topological polar surface area (TPSA) is 72.2 Å². The molecule has 4 nitrogen and oxygen atoms in total. The molecule has 19 heavy (non-hydrogen) atoms. The van der Waals surface area contributed by atoms with Gasteiger partial charge >= 0.3 is 0 Å². The van der Waals surface area contributed by atoms with Gasteiger partial charge in [-0.25, -0.2) is 12.8 Å². The van der Waals surface area contributed by atoms with Crippen molar-refractivity contribution >= 4 is 21.4 Å². The van der Waals surface area contributed by atoms with E-state index in [9.17, 15) is 12.8 Å². The summed E-state index contributed by atoms with van der Waals surface area (Å²) in [4.78, 5) is 0.0728. The molecule has 0 unspecified atom stereocenters. The van der Waals surface area contributed by atoms with Crippen LogP contribution in [0.1, 0.15) is 5.56 Å². The van der Waals surface area contributed by atoms with Gasteiger partial charge in [-0.05, 0) is 55.0 Å². The number of hydrogen-bond acceptors (Lipinski definition) is 3. The van der Waals surface area contributed by atoms with Gasteiger partial charge in [-0.3, -0.25) is 4.72 Å². The van der Waals surface area contributed by atoms with Crippen LogP contribution in [0.25, 0.3) is 0 Å². The van der Waals surface area contributed by atoms with Crippen molar-refractivity contribution in [3.05, 3.63) is 53.8 Å². The minimum Gasteiger partial charge on any atom is -0.399 e. The summed E-state index contributed by atoms with van der Waals surface area (Å²) in [6.45, 7) is 1.68. The van der Waals surface area contributed by atoms with Gasteiger partial charge in [0.15, 0.2) is 0 Å². The lowest BCUT2D eigenvalue weighted by atomic mass is 10.2. The molecule has 0 fully saturated rings. The third kappa shape index (κ3) is 3.23. The molecule has 100 valence electrons. The Hall–Kier alpha value is -2.08. The monoisotopic (exact) mass is 280 g/mol. The molecule has 0 aromatic heterocycles. The summed E-state index contributed by atoms with van der Waals surface area (Å²) >= 11 is 0. The lowest BCUT2D eigenvalue weighted by Crippen LogP contribution is -2.13. The summed E-state index contributed by atoms with van der Waals surface area (Å²) in [7, 11) is -3.74. The summed E-state index contributed by atoms with van der Waals surface area (Å²) in [5.74, 6) is -0.491. The summed E-state index contributed by atoms with van der Waals surface area (Å²) in [5.41, 5.74) is 6.79. The molecule has 0 bridgehead atoms. The first-order valence-electron chi connectivity index (χ1n) is 5.52. The largest absolute Gasteiger partial charge is 0.399 e. The molecule has 0 amide bonds. The second kappa shape index (κ2) is 4.89. The van der Waals surface area contributed by atoms with Gasteiger partial charge in [0.2, 0.25) is 0 Å². The molecule has 0 atom stereocenters. The van der Waals surface area contributed by atoms with Crippen LogP contribution >= 0.6 is 0 Å². The minimum absolute atomic E-state index is 0.0728. The molecule has 0 aliphatic carbocycles. The first-order chi connectivity index (χ1) is 8.87. The van der Waals surface area contributed by atoms with Crippen LogP contribution in [-0.2, 0) is 10.0 Å². The number of nitrogens with one attached hydrogen (secondary N) is 1. The van der Waals surface area contributed by atoms with Gasteiger partial charge in [-0.15, -0.1) is 0 Å². The van der Waals surface area contributed by atoms with Gasteiger partial charge in [-0.2, -0.15) is 0 Å². The Kier molecular flexibility index (Phi) is 3.44. The van der Waals surface area contributed by atoms with E-state index < -0.39 is 15.8 Å². The van der Waals surface area contributed by atoms with Crippen molar-refractivity contribution in [3.8, 4) is 0 Å². The summed E-state index contributed by atoms with van der Waals surface area (Å²) in [6.07, 6.45) is 0. The Labute approximate surface area is 111 Å². The number of anilines is 2. The molecule has 0 radical (unpaired) electrons. The predicted octanol–water partition coefficient (Wildman–Crippen LogP) is 2.52. The smallest absolute Gasteiger partial charge is 0.261 e. The van der Waals surface area contributed by atoms with E-state index in [4.69, 9.17) is 5.73 Å². The molecule has 0 heterocycles. The normalized spacial score (nSPS) is 11.3. The highest BCUT2D eigenvalue weighted by molar-refractivity contribution is 7.92. The maximum absolute atomic E-state index is 13.2. The van der Waals surface area contributed by atoms with E-state index in [1.165, 1.54) is 30.3 Å². The average Bonchev–Trinajstić information content (AvgIpc) is 2.27. The van der Waals surface area contributed by atoms with Crippen LogP contribution in [0, 0.1) is 12.7 Å². The Morgan fingerprint density at radius 1 is 1.11 bits per heavy atom. The fourth-order valence-corrected chi connectivity index (χ4v) is 2.70. The Bertz CT molecular complexity index is 677. The van der Waals surface area contributed by atoms with Crippen LogP contribution in [0.15, 0.2) is 47.4 Å². The van der Waals surface area contributed by atoms with Gasteiger partial charge in [0, 0.05) is 5.69 Å². The molecule has 0 saturated heterocycles. The molecule has 0 saturated carbocycles. The molecule has 6 heteroatoms. The quantitative estimate of drug-likeness (QED) is 0.848. The van der Waals surface area contributed by atoms with E-state index in [0.29, 0.717) is 11.3 Å². The third-order valence-electron chi connectivity index (χ3n) is 2.48. The van der Waals surface area contributed by atoms with E-state index in [1.54, 1.807) is 13.0 Å². The number of rotatable bonds is 3. The molecule has 0 aliphatic heterocycles. The minimum atomic E-state index is -3.74. The van der Waals surface area contributed by atoms with Gasteiger partial charge < -0.3 is 5.73 Å². The lowest BCUT2D eigenvalue weighted by Gasteiger charge is -2.09. The maximum atomic E-state index is 13.2. The van der Waals surface area contributed by atoms with Gasteiger partial charge in [0.1, 0.15) is 5.82 Å². The first kappa shape index (κ1) is 13.4. The van der Waals surface area contributed by atoms with Crippen LogP contribution in [-0.4, -0.2) is 8.42 Å². The van der Waals surface area contributed by atoms with Crippen LogP contribution < -0.4 is 10.5 Å². The molecular formula is C13H13FN2O2S. The Balaban J connectivity index is 2.33. The van der Waals surface area contributed by atoms with Crippen molar-refractivity contribution in [2.24, 2.45) is 0 Å². The van der Waals surface area contributed by atoms with E-state index in [0.717, 1.165) is 6.07 Å². The first-order valence-corrected chi connectivity index (χ1v) is 7.01. The zero-order valence-electron chi connectivity index (χ0n) is 10.2.